The quantitative estimate of drug-likeness (QED) is 0.766. The van der Waals surface area contributed by atoms with Crippen LogP contribution in [0.5, 0.6) is 5.75 Å². The van der Waals surface area contributed by atoms with Crippen LogP contribution >= 0.6 is 0 Å². The number of hydrogen-bond donors (Lipinski definition) is 1. The summed E-state index contributed by atoms with van der Waals surface area (Å²) in [5, 5.41) is 0. The van der Waals surface area contributed by atoms with Gasteiger partial charge in [-0.1, -0.05) is 31.5 Å². The zero-order chi connectivity index (χ0) is 14.1. The van der Waals surface area contributed by atoms with Crippen molar-refractivity contribution in [1.29, 1.82) is 0 Å². The normalized spacial score (nSPS) is 9.95. The van der Waals surface area contributed by atoms with Gasteiger partial charge in [0.05, 0.1) is 6.54 Å². The molecule has 0 fully saturated rings. The molecule has 1 rings (SSSR count). The maximum absolute atomic E-state index is 12.0. The van der Waals surface area contributed by atoms with Crippen LogP contribution in [0, 0.1) is 0 Å². The lowest BCUT2D eigenvalue weighted by Gasteiger charge is -2.21. The molecule has 2 amide bonds. The van der Waals surface area contributed by atoms with E-state index in [0.29, 0.717) is 12.3 Å². The molecule has 5 nitrogen and oxygen atoms in total. The second-order valence-corrected chi connectivity index (χ2v) is 4.24. The monoisotopic (exact) mass is 264 g/mol. The highest BCUT2D eigenvalue weighted by molar-refractivity contribution is 5.84. The number of carbonyl (C=O) groups is 2. The van der Waals surface area contributed by atoms with Crippen molar-refractivity contribution in [2.24, 2.45) is 5.73 Å². The Morgan fingerprint density at radius 1 is 1.26 bits per heavy atom. The molecular weight excluding hydrogens is 244 g/mol. The van der Waals surface area contributed by atoms with Gasteiger partial charge in [0, 0.05) is 6.54 Å². The second kappa shape index (κ2) is 8.13. The van der Waals surface area contributed by atoms with E-state index in [1.54, 1.807) is 12.1 Å². The number of hydrogen-bond acceptors (Lipinski definition) is 3. The number of amides is 2. The maximum atomic E-state index is 12.0. The highest BCUT2D eigenvalue weighted by atomic mass is 16.5. The van der Waals surface area contributed by atoms with Gasteiger partial charge in [0.15, 0.2) is 6.61 Å². The van der Waals surface area contributed by atoms with Gasteiger partial charge in [0.2, 0.25) is 5.91 Å². The maximum Gasteiger partial charge on any atom is 0.260 e. The van der Waals surface area contributed by atoms with E-state index >= 15 is 0 Å². The van der Waals surface area contributed by atoms with Gasteiger partial charge in [0.25, 0.3) is 5.91 Å². The zero-order valence-corrected chi connectivity index (χ0v) is 11.2. The van der Waals surface area contributed by atoms with Crippen molar-refractivity contribution in [2.45, 2.75) is 19.8 Å². The molecule has 0 saturated heterocycles. The summed E-state index contributed by atoms with van der Waals surface area (Å²) in [5.41, 5.74) is 5.14. The van der Waals surface area contributed by atoms with Crippen LogP contribution in [0.1, 0.15) is 19.8 Å². The molecule has 0 spiro atoms. The van der Waals surface area contributed by atoms with E-state index in [2.05, 4.69) is 0 Å². The van der Waals surface area contributed by atoms with Crippen LogP contribution in [0.4, 0.5) is 0 Å². The summed E-state index contributed by atoms with van der Waals surface area (Å²) in [4.78, 5) is 24.3. The Morgan fingerprint density at radius 2 is 1.95 bits per heavy atom. The third kappa shape index (κ3) is 5.90. The molecule has 0 aliphatic heterocycles. The minimum atomic E-state index is -0.510. The molecule has 1 aromatic rings. The first-order valence-corrected chi connectivity index (χ1v) is 6.37. The molecule has 0 bridgehead atoms. The van der Waals surface area contributed by atoms with Gasteiger partial charge in [0.1, 0.15) is 5.75 Å². The molecule has 0 atom stereocenters. The summed E-state index contributed by atoms with van der Waals surface area (Å²) in [6.07, 6.45) is 1.78. The minimum Gasteiger partial charge on any atom is -0.484 e. The van der Waals surface area contributed by atoms with Gasteiger partial charge in [-0.2, -0.15) is 0 Å². The van der Waals surface area contributed by atoms with E-state index in [1.165, 1.54) is 4.90 Å². The number of primary amides is 1. The molecule has 0 unspecified atom stereocenters. The van der Waals surface area contributed by atoms with Crippen molar-refractivity contribution in [2.75, 3.05) is 19.7 Å². The number of benzene rings is 1. The number of ether oxygens (including phenoxy) is 1. The van der Waals surface area contributed by atoms with Crippen LogP contribution in [0.25, 0.3) is 0 Å². The molecule has 0 aliphatic carbocycles. The standard InChI is InChI=1S/C14H20N2O3/c1-2-3-9-16(10-13(15)17)14(18)11-19-12-7-5-4-6-8-12/h4-8H,2-3,9-11H2,1H3,(H2,15,17). The molecule has 0 heterocycles. The van der Waals surface area contributed by atoms with Crippen LogP contribution in [-0.2, 0) is 9.59 Å². The summed E-state index contributed by atoms with van der Waals surface area (Å²) in [7, 11) is 0. The Hall–Kier alpha value is -2.04. The van der Waals surface area contributed by atoms with Gasteiger partial charge in [-0.05, 0) is 18.6 Å². The Labute approximate surface area is 113 Å². The van der Waals surface area contributed by atoms with Gasteiger partial charge < -0.3 is 15.4 Å². The lowest BCUT2D eigenvalue weighted by molar-refractivity contribution is -0.137. The molecule has 5 heteroatoms. The zero-order valence-electron chi connectivity index (χ0n) is 11.2. The average Bonchev–Trinajstić information content (AvgIpc) is 2.41. The number of carbonyl (C=O) groups excluding carboxylic acids is 2. The molecule has 19 heavy (non-hydrogen) atoms. The van der Waals surface area contributed by atoms with Gasteiger partial charge in [-0.3, -0.25) is 9.59 Å². The predicted molar refractivity (Wildman–Crippen MR) is 72.6 cm³/mol. The molecule has 104 valence electrons. The van der Waals surface area contributed by atoms with Crippen molar-refractivity contribution < 1.29 is 14.3 Å². The topological polar surface area (TPSA) is 72.6 Å². The Balaban J connectivity index is 2.48. The van der Waals surface area contributed by atoms with E-state index in [-0.39, 0.29) is 19.1 Å². The predicted octanol–water partition coefficient (Wildman–Crippen LogP) is 1.18. The third-order valence-electron chi connectivity index (χ3n) is 2.59. The second-order valence-electron chi connectivity index (χ2n) is 4.24. The van der Waals surface area contributed by atoms with Crippen molar-refractivity contribution in [3.8, 4) is 5.75 Å². The first-order valence-electron chi connectivity index (χ1n) is 6.37. The van der Waals surface area contributed by atoms with Crippen LogP contribution in [0.3, 0.4) is 0 Å². The number of unbranched alkanes of at least 4 members (excludes halogenated alkanes) is 1. The van der Waals surface area contributed by atoms with Crippen molar-refractivity contribution >= 4 is 11.8 Å². The van der Waals surface area contributed by atoms with Crippen molar-refractivity contribution in [1.82, 2.24) is 4.90 Å². The van der Waals surface area contributed by atoms with E-state index in [9.17, 15) is 9.59 Å². The van der Waals surface area contributed by atoms with Crippen molar-refractivity contribution in [3.05, 3.63) is 30.3 Å². The first-order chi connectivity index (χ1) is 9.13. The summed E-state index contributed by atoms with van der Waals surface area (Å²) >= 11 is 0. The van der Waals surface area contributed by atoms with Gasteiger partial charge in [-0.15, -0.1) is 0 Å². The minimum absolute atomic E-state index is 0.0585. The molecule has 2 N–H and O–H groups in total. The van der Waals surface area contributed by atoms with E-state index in [0.717, 1.165) is 12.8 Å². The molecule has 0 radical (unpaired) electrons. The fraction of sp³-hybridized carbons (Fsp3) is 0.429. The molecule has 0 aromatic heterocycles. The van der Waals surface area contributed by atoms with Crippen molar-refractivity contribution in [3.63, 3.8) is 0 Å². The lowest BCUT2D eigenvalue weighted by atomic mass is 10.3. The highest BCUT2D eigenvalue weighted by Gasteiger charge is 2.15. The van der Waals surface area contributed by atoms with Crippen LogP contribution in [0.15, 0.2) is 30.3 Å². The highest BCUT2D eigenvalue weighted by Crippen LogP contribution is 2.08. The Kier molecular flexibility index (Phi) is 6.43. The fourth-order valence-electron chi connectivity index (χ4n) is 1.58. The summed E-state index contributed by atoms with van der Waals surface area (Å²) in [5.74, 6) is -0.106. The number of nitrogens with zero attached hydrogens (tertiary/aromatic N) is 1. The molecular formula is C14H20N2O3. The van der Waals surface area contributed by atoms with Gasteiger partial charge in [-0.25, -0.2) is 0 Å². The lowest BCUT2D eigenvalue weighted by Crippen LogP contribution is -2.41. The Morgan fingerprint density at radius 3 is 2.53 bits per heavy atom. The van der Waals surface area contributed by atoms with E-state index in [4.69, 9.17) is 10.5 Å². The molecule has 0 saturated carbocycles. The first kappa shape index (κ1) is 15.0. The third-order valence-corrected chi connectivity index (χ3v) is 2.59. The Bertz CT molecular complexity index is 406. The van der Waals surface area contributed by atoms with Crippen LogP contribution in [-0.4, -0.2) is 36.4 Å². The largest absolute Gasteiger partial charge is 0.484 e. The number of para-hydroxylation sites is 1. The van der Waals surface area contributed by atoms with Crippen LogP contribution < -0.4 is 10.5 Å². The summed E-state index contributed by atoms with van der Waals surface area (Å²) in [6.45, 7) is 2.40. The van der Waals surface area contributed by atoms with E-state index in [1.807, 2.05) is 25.1 Å². The molecule has 0 aliphatic rings. The van der Waals surface area contributed by atoms with Gasteiger partial charge >= 0.3 is 0 Å². The number of rotatable bonds is 8. The van der Waals surface area contributed by atoms with E-state index < -0.39 is 5.91 Å². The fourth-order valence-corrected chi connectivity index (χ4v) is 1.58. The SMILES string of the molecule is CCCCN(CC(N)=O)C(=O)COc1ccccc1. The summed E-state index contributed by atoms with van der Waals surface area (Å²) in [6, 6.07) is 9.08. The average molecular weight is 264 g/mol. The molecule has 1 aromatic carbocycles. The smallest absolute Gasteiger partial charge is 0.260 e. The number of nitrogens with two attached hydrogens (primary N) is 1. The summed E-state index contributed by atoms with van der Waals surface area (Å²) < 4.78 is 5.37. The van der Waals surface area contributed by atoms with Crippen LogP contribution in [0.2, 0.25) is 0 Å².